The highest BCUT2D eigenvalue weighted by atomic mass is 35.5. The number of thiazole rings is 1. The number of rotatable bonds is 3. The summed E-state index contributed by atoms with van der Waals surface area (Å²) in [5.74, 6) is -0.188. The highest BCUT2D eigenvalue weighted by Crippen LogP contribution is 2.25. The van der Waals surface area contributed by atoms with Gasteiger partial charge in [0.15, 0.2) is 0 Å². The predicted molar refractivity (Wildman–Crippen MR) is 97.4 cm³/mol. The van der Waals surface area contributed by atoms with Gasteiger partial charge in [-0.15, -0.1) is 11.3 Å². The summed E-state index contributed by atoms with van der Waals surface area (Å²) in [4.78, 5) is 21.7. The number of pyridine rings is 1. The van der Waals surface area contributed by atoms with Gasteiger partial charge in [0.25, 0.3) is 5.91 Å². The van der Waals surface area contributed by atoms with E-state index in [-0.39, 0.29) is 11.9 Å². The lowest BCUT2D eigenvalue weighted by Gasteiger charge is -2.05. The molecule has 24 heavy (non-hydrogen) atoms. The lowest BCUT2D eigenvalue weighted by atomic mass is 10.2. The quantitative estimate of drug-likeness (QED) is 0.703. The van der Waals surface area contributed by atoms with Gasteiger partial charge in [0, 0.05) is 28.2 Å². The molecule has 3 aromatic rings. The number of carbonyl (C=O) groups is 1. The van der Waals surface area contributed by atoms with Crippen molar-refractivity contribution in [2.75, 3.05) is 0 Å². The van der Waals surface area contributed by atoms with Crippen LogP contribution in [-0.2, 0) is 0 Å². The molecular weight excluding hydrogens is 342 g/mol. The Morgan fingerprint density at radius 2 is 1.96 bits per heavy atom. The number of nitrogens with zero attached hydrogens (tertiary/aromatic N) is 3. The molecule has 0 saturated heterocycles. The summed E-state index contributed by atoms with van der Waals surface area (Å²) in [7, 11) is 0. The number of benzene rings is 1. The van der Waals surface area contributed by atoms with Crippen LogP contribution < -0.4 is 5.49 Å². The van der Waals surface area contributed by atoms with E-state index in [1.807, 2.05) is 56.3 Å². The second-order valence-electron chi connectivity index (χ2n) is 5.50. The van der Waals surface area contributed by atoms with Gasteiger partial charge in [0.05, 0.1) is 0 Å². The Bertz CT molecular complexity index is 926. The molecule has 0 aliphatic heterocycles. The van der Waals surface area contributed by atoms with Crippen molar-refractivity contribution >= 4 is 28.8 Å². The number of carbonyl (C=O) groups excluding carboxylic acids is 1. The van der Waals surface area contributed by atoms with Gasteiger partial charge in [-0.1, -0.05) is 29.8 Å². The SMILES string of the molecule is CC(C)N=c1ccccn1C(=O)c1csc(-c2ccc(Cl)cc2)n1. The van der Waals surface area contributed by atoms with Crippen LogP contribution >= 0.6 is 22.9 Å². The molecule has 0 aliphatic rings. The zero-order valence-electron chi connectivity index (χ0n) is 13.3. The third kappa shape index (κ3) is 3.63. The first kappa shape index (κ1) is 16.6. The highest BCUT2D eigenvalue weighted by molar-refractivity contribution is 7.13. The van der Waals surface area contributed by atoms with Crippen molar-refractivity contribution in [1.82, 2.24) is 9.55 Å². The zero-order chi connectivity index (χ0) is 17.1. The Morgan fingerprint density at radius 1 is 1.21 bits per heavy atom. The number of hydrogen-bond donors (Lipinski definition) is 0. The van der Waals surface area contributed by atoms with Crippen molar-refractivity contribution in [3.8, 4) is 10.6 Å². The third-order valence-corrected chi connectivity index (χ3v) is 4.41. The van der Waals surface area contributed by atoms with Crippen LogP contribution in [0.1, 0.15) is 24.3 Å². The van der Waals surface area contributed by atoms with Crippen LogP contribution in [0.15, 0.2) is 59.0 Å². The van der Waals surface area contributed by atoms with Gasteiger partial charge in [-0.2, -0.15) is 0 Å². The summed E-state index contributed by atoms with van der Waals surface area (Å²) < 4.78 is 1.53. The normalized spacial score (nSPS) is 11.9. The highest BCUT2D eigenvalue weighted by Gasteiger charge is 2.14. The summed E-state index contributed by atoms with van der Waals surface area (Å²) in [5.41, 5.74) is 1.97. The molecule has 0 aliphatic carbocycles. The molecule has 0 radical (unpaired) electrons. The Hall–Kier alpha value is -2.24. The van der Waals surface area contributed by atoms with Crippen LogP contribution in [0.3, 0.4) is 0 Å². The fourth-order valence-electron chi connectivity index (χ4n) is 2.20. The molecule has 1 aromatic carbocycles. The largest absolute Gasteiger partial charge is 0.283 e. The molecule has 0 N–H and O–H groups in total. The van der Waals surface area contributed by atoms with Crippen LogP contribution in [0.2, 0.25) is 5.02 Å². The van der Waals surface area contributed by atoms with E-state index in [2.05, 4.69) is 9.98 Å². The van der Waals surface area contributed by atoms with Crippen LogP contribution in [-0.4, -0.2) is 21.5 Å². The fourth-order valence-corrected chi connectivity index (χ4v) is 3.12. The lowest BCUT2D eigenvalue weighted by Crippen LogP contribution is -2.28. The maximum Gasteiger partial charge on any atom is 0.283 e. The summed E-state index contributed by atoms with van der Waals surface area (Å²) in [6, 6.07) is 13.0. The summed E-state index contributed by atoms with van der Waals surface area (Å²) in [5, 5.41) is 3.23. The molecule has 4 nitrogen and oxygen atoms in total. The Kier molecular flexibility index (Phi) is 4.92. The van der Waals surface area contributed by atoms with Crippen LogP contribution in [0.5, 0.6) is 0 Å². The zero-order valence-corrected chi connectivity index (χ0v) is 14.9. The van der Waals surface area contributed by atoms with E-state index in [1.165, 1.54) is 15.9 Å². The van der Waals surface area contributed by atoms with Crippen LogP contribution in [0.25, 0.3) is 10.6 Å². The average molecular weight is 358 g/mol. The summed E-state index contributed by atoms with van der Waals surface area (Å²) in [6.07, 6.45) is 1.71. The van der Waals surface area contributed by atoms with E-state index in [4.69, 9.17) is 11.6 Å². The van der Waals surface area contributed by atoms with Gasteiger partial charge in [-0.3, -0.25) is 14.4 Å². The van der Waals surface area contributed by atoms with E-state index in [0.717, 1.165) is 10.6 Å². The minimum atomic E-state index is -0.188. The first-order valence-electron chi connectivity index (χ1n) is 7.52. The van der Waals surface area contributed by atoms with Gasteiger partial charge < -0.3 is 0 Å². The van der Waals surface area contributed by atoms with Crippen molar-refractivity contribution < 1.29 is 4.79 Å². The van der Waals surface area contributed by atoms with Gasteiger partial charge >= 0.3 is 0 Å². The minimum Gasteiger partial charge on any atom is -0.267 e. The molecule has 122 valence electrons. The Balaban J connectivity index is 1.97. The Labute approximate surface area is 149 Å². The molecule has 0 spiro atoms. The van der Waals surface area contributed by atoms with Crippen molar-refractivity contribution in [2.24, 2.45) is 4.99 Å². The maximum atomic E-state index is 12.8. The molecule has 3 rings (SSSR count). The molecule has 2 aromatic heterocycles. The van der Waals surface area contributed by atoms with Crippen LogP contribution in [0, 0.1) is 0 Å². The first-order chi connectivity index (χ1) is 11.5. The monoisotopic (exact) mass is 357 g/mol. The average Bonchev–Trinajstić information content (AvgIpc) is 3.05. The number of aromatic nitrogens is 2. The number of halogens is 1. The molecule has 2 heterocycles. The lowest BCUT2D eigenvalue weighted by molar-refractivity contribution is 0.0950. The van der Waals surface area contributed by atoms with E-state index in [1.54, 1.807) is 11.6 Å². The number of hydrogen-bond acceptors (Lipinski definition) is 4. The van der Waals surface area contributed by atoms with Gasteiger partial charge in [0.2, 0.25) is 0 Å². The molecule has 0 atom stereocenters. The topological polar surface area (TPSA) is 47.2 Å². The van der Waals surface area contributed by atoms with E-state index >= 15 is 0 Å². The molecule has 0 amide bonds. The molecule has 0 saturated carbocycles. The van der Waals surface area contributed by atoms with Crippen LogP contribution in [0.4, 0.5) is 0 Å². The van der Waals surface area contributed by atoms with E-state index in [0.29, 0.717) is 16.2 Å². The van der Waals surface area contributed by atoms with Crippen molar-refractivity contribution in [3.63, 3.8) is 0 Å². The van der Waals surface area contributed by atoms with E-state index in [9.17, 15) is 4.79 Å². The molecule has 6 heteroatoms. The molecule has 0 bridgehead atoms. The van der Waals surface area contributed by atoms with E-state index < -0.39 is 0 Å². The van der Waals surface area contributed by atoms with Crippen molar-refractivity contribution in [1.29, 1.82) is 0 Å². The van der Waals surface area contributed by atoms with Gasteiger partial charge in [-0.05, 0) is 38.1 Å². The van der Waals surface area contributed by atoms with Crippen molar-refractivity contribution in [3.05, 3.63) is 70.2 Å². The Morgan fingerprint density at radius 3 is 2.67 bits per heavy atom. The second-order valence-corrected chi connectivity index (χ2v) is 6.80. The smallest absolute Gasteiger partial charge is 0.267 e. The fraction of sp³-hybridized carbons (Fsp3) is 0.167. The van der Waals surface area contributed by atoms with Gasteiger partial charge in [-0.25, -0.2) is 4.98 Å². The molecule has 0 unspecified atom stereocenters. The predicted octanol–water partition coefficient (Wildman–Crippen LogP) is 4.26. The summed E-state index contributed by atoms with van der Waals surface area (Å²) >= 11 is 7.34. The van der Waals surface area contributed by atoms with Crippen molar-refractivity contribution in [2.45, 2.75) is 19.9 Å². The molecule has 0 fully saturated rings. The third-order valence-electron chi connectivity index (χ3n) is 3.26. The molecular formula is C18H16ClN3OS. The standard InChI is InChI=1S/C18H16ClN3OS/c1-12(2)20-16-5-3-4-10-22(16)18(23)15-11-24-17(21-15)13-6-8-14(19)9-7-13/h3-12H,1-2H3. The van der Waals surface area contributed by atoms with Gasteiger partial charge in [0.1, 0.15) is 16.2 Å². The minimum absolute atomic E-state index is 0.103. The summed E-state index contributed by atoms with van der Waals surface area (Å²) in [6.45, 7) is 3.95. The second kappa shape index (κ2) is 7.11. The maximum absolute atomic E-state index is 12.8. The first-order valence-corrected chi connectivity index (χ1v) is 8.78.